The molecule has 1 saturated carbocycles. The van der Waals surface area contributed by atoms with Crippen molar-refractivity contribution in [2.75, 3.05) is 13.7 Å². The molecule has 1 aromatic rings. The van der Waals surface area contributed by atoms with Crippen LogP contribution in [0.1, 0.15) is 54.8 Å². The van der Waals surface area contributed by atoms with E-state index >= 15 is 0 Å². The lowest BCUT2D eigenvalue weighted by Crippen LogP contribution is -2.47. The van der Waals surface area contributed by atoms with Gasteiger partial charge in [-0.2, -0.15) is 0 Å². The zero-order valence-corrected chi connectivity index (χ0v) is 13.0. The largest absolute Gasteiger partial charge is 0.375 e. The van der Waals surface area contributed by atoms with E-state index in [0.717, 1.165) is 6.61 Å². The van der Waals surface area contributed by atoms with E-state index in [9.17, 15) is 0 Å². The average molecular weight is 273 g/mol. The molecule has 2 aliphatic rings. The SMILES string of the molecule is CNC(c1cc(C)cc(C)c1)C1CCOC2(CCC2)C1. The lowest BCUT2D eigenvalue weighted by Gasteiger charge is -2.48. The molecule has 1 N–H and O–H groups in total. The Morgan fingerprint density at radius 1 is 1.20 bits per heavy atom. The number of rotatable bonds is 3. The fourth-order valence-corrected chi connectivity index (χ4v) is 4.13. The molecule has 3 rings (SSSR count). The fourth-order valence-electron chi connectivity index (χ4n) is 4.13. The molecule has 20 heavy (non-hydrogen) atoms. The van der Waals surface area contributed by atoms with Gasteiger partial charge in [-0.25, -0.2) is 0 Å². The van der Waals surface area contributed by atoms with Crippen LogP contribution in [-0.4, -0.2) is 19.3 Å². The second-order valence-corrected chi connectivity index (χ2v) is 6.83. The molecule has 2 unspecified atom stereocenters. The highest BCUT2D eigenvalue weighted by molar-refractivity contribution is 5.31. The second kappa shape index (κ2) is 5.50. The summed E-state index contributed by atoms with van der Waals surface area (Å²) in [5.74, 6) is 0.704. The Hall–Kier alpha value is -0.860. The minimum Gasteiger partial charge on any atom is -0.375 e. The van der Waals surface area contributed by atoms with Crippen molar-refractivity contribution in [1.82, 2.24) is 5.32 Å². The van der Waals surface area contributed by atoms with Gasteiger partial charge < -0.3 is 10.1 Å². The number of benzene rings is 1. The van der Waals surface area contributed by atoms with Crippen LogP contribution in [0, 0.1) is 19.8 Å². The van der Waals surface area contributed by atoms with E-state index in [1.54, 1.807) is 0 Å². The number of hydrogen-bond acceptors (Lipinski definition) is 2. The van der Waals surface area contributed by atoms with Gasteiger partial charge in [0.1, 0.15) is 0 Å². The topological polar surface area (TPSA) is 21.3 Å². The summed E-state index contributed by atoms with van der Waals surface area (Å²) in [5, 5.41) is 3.57. The molecule has 0 amide bonds. The predicted molar refractivity (Wildman–Crippen MR) is 83.0 cm³/mol. The summed E-state index contributed by atoms with van der Waals surface area (Å²) in [7, 11) is 2.10. The van der Waals surface area contributed by atoms with E-state index in [0.29, 0.717) is 12.0 Å². The summed E-state index contributed by atoms with van der Waals surface area (Å²) in [6.45, 7) is 5.33. The Morgan fingerprint density at radius 2 is 1.90 bits per heavy atom. The molecule has 1 aliphatic heterocycles. The Morgan fingerprint density at radius 3 is 2.45 bits per heavy atom. The zero-order chi connectivity index (χ0) is 14.2. The Kier molecular flexibility index (Phi) is 3.87. The van der Waals surface area contributed by atoms with Crippen LogP contribution in [-0.2, 0) is 4.74 Å². The van der Waals surface area contributed by atoms with Gasteiger partial charge in [0.05, 0.1) is 5.60 Å². The van der Waals surface area contributed by atoms with Gasteiger partial charge in [-0.15, -0.1) is 0 Å². The fraction of sp³-hybridized carbons (Fsp3) is 0.667. The molecule has 2 atom stereocenters. The molecule has 1 heterocycles. The van der Waals surface area contributed by atoms with E-state index in [2.05, 4.69) is 44.4 Å². The molecule has 1 saturated heterocycles. The number of ether oxygens (including phenoxy) is 1. The van der Waals surface area contributed by atoms with Crippen molar-refractivity contribution in [2.45, 2.75) is 57.6 Å². The highest BCUT2D eigenvalue weighted by atomic mass is 16.5. The maximum Gasteiger partial charge on any atom is 0.0686 e. The first-order valence-electron chi connectivity index (χ1n) is 8.01. The quantitative estimate of drug-likeness (QED) is 0.901. The molecule has 2 nitrogen and oxygen atoms in total. The first-order chi connectivity index (χ1) is 9.62. The van der Waals surface area contributed by atoms with Gasteiger partial charge >= 0.3 is 0 Å². The van der Waals surface area contributed by atoms with Crippen LogP contribution in [0.5, 0.6) is 0 Å². The van der Waals surface area contributed by atoms with E-state index < -0.39 is 0 Å². The summed E-state index contributed by atoms with van der Waals surface area (Å²) in [5.41, 5.74) is 4.42. The van der Waals surface area contributed by atoms with E-state index in [-0.39, 0.29) is 5.60 Å². The van der Waals surface area contributed by atoms with Crippen LogP contribution in [0.2, 0.25) is 0 Å². The first kappa shape index (κ1) is 14.1. The molecule has 0 bridgehead atoms. The normalized spacial score (nSPS) is 26.2. The predicted octanol–water partition coefficient (Wildman–Crippen LogP) is 3.91. The third-order valence-electron chi connectivity index (χ3n) is 5.18. The Bertz CT molecular complexity index is 458. The maximum atomic E-state index is 6.08. The molecule has 1 aliphatic carbocycles. The van der Waals surface area contributed by atoms with Crippen LogP contribution in [0.3, 0.4) is 0 Å². The van der Waals surface area contributed by atoms with Crippen molar-refractivity contribution in [3.63, 3.8) is 0 Å². The van der Waals surface area contributed by atoms with Crippen molar-refractivity contribution in [2.24, 2.45) is 5.92 Å². The van der Waals surface area contributed by atoms with Gasteiger partial charge in [-0.3, -0.25) is 0 Å². The van der Waals surface area contributed by atoms with Crippen molar-refractivity contribution in [3.05, 3.63) is 34.9 Å². The number of hydrogen-bond donors (Lipinski definition) is 1. The van der Waals surface area contributed by atoms with Crippen molar-refractivity contribution in [3.8, 4) is 0 Å². The first-order valence-corrected chi connectivity index (χ1v) is 8.01. The van der Waals surface area contributed by atoms with E-state index in [1.165, 1.54) is 48.8 Å². The van der Waals surface area contributed by atoms with Gasteiger partial charge in [0.15, 0.2) is 0 Å². The molecule has 1 spiro atoms. The standard InChI is InChI=1S/C18H27NO/c1-13-9-14(2)11-16(10-13)17(19-3)15-5-8-20-18(12-15)6-4-7-18/h9-11,15,17,19H,4-8,12H2,1-3H3. The maximum absolute atomic E-state index is 6.08. The monoisotopic (exact) mass is 273 g/mol. The van der Waals surface area contributed by atoms with Crippen LogP contribution in [0.4, 0.5) is 0 Å². The Labute approximate surface area is 122 Å². The molecule has 1 aromatic carbocycles. The lowest BCUT2D eigenvalue weighted by molar-refractivity contribution is -0.147. The van der Waals surface area contributed by atoms with Gasteiger partial charge in [0.2, 0.25) is 0 Å². The average Bonchev–Trinajstić information content (AvgIpc) is 2.37. The van der Waals surface area contributed by atoms with Gasteiger partial charge in [0.25, 0.3) is 0 Å². The smallest absolute Gasteiger partial charge is 0.0686 e. The summed E-state index contributed by atoms with van der Waals surface area (Å²) in [6.07, 6.45) is 6.30. The van der Waals surface area contributed by atoms with Crippen molar-refractivity contribution < 1.29 is 4.74 Å². The second-order valence-electron chi connectivity index (χ2n) is 6.83. The third-order valence-corrected chi connectivity index (χ3v) is 5.18. The van der Waals surface area contributed by atoms with Gasteiger partial charge in [0, 0.05) is 12.6 Å². The van der Waals surface area contributed by atoms with Gasteiger partial charge in [-0.1, -0.05) is 29.3 Å². The molecular weight excluding hydrogens is 246 g/mol. The summed E-state index contributed by atoms with van der Waals surface area (Å²) in [6, 6.07) is 7.41. The van der Waals surface area contributed by atoms with Gasteiger partial charge in [-0.05, 0) is 64.5 Å². The highest BCUT2D eigenvalue weighted by Gasteiger charge is 2.44. The number of aryl methyl sites for hydroxylation is 2. The highest BCUT2D eigenvalue weighted by Crippen LogP contribution is 2.47. The Balaban J connectivity index is 1.81. The summed E-state index contributed by atoms with van der Waals surface area (Å²) >= 11 is 0. The zero-order valence-electron chi connectivity index (χ0n) is 13.0. The minimum atomic E-state index is 0.233. The number of nitrogens with one attached hydrogen (secondary N) is 1. The molecular formula is C18H27NO. The van der Waals surface area contributed by atoms with Crippen LogP contribution in [0.25, 0.3) is 0 Å². The van der Waals surface area contributed by atoms with Crippen molar-refractivity contribution in [1.29, 1.82) is 0 Å². The molecule has 110 valence electrons. The molecule has 2 heteroatoms. The third kappa shape index (κ3) is 2.64. The molecule has 2 fully saturated rings. The molecule has 0 radical (unpaired) electrons. The van der Waals surface area contributed by atoms with E-state index in [4.69, 9.17) is 4.74 Å². The van der Waals surface area contributed by atoms with Crippen molar-refractivity contribution >= 4 is 0 Å². The minimum absolute atomic E-state index is 0.233. The van der Waals surface area contributed by atoms with Crippen LogP contribution < -0.4 is 5.32 Å². The summed E-state index contributed by atoms with van der Waals surface area (Å²) < 4.78 is 6.08. The van der Waals surface area contributed by atoms with Crippen LogP contribution in [0.15, 0.2) is 18.2 Å². The molecule has 0 aromatic heterocycles. The lowest BCUT2D eigenvalue weighted by atomic mass is 9.69. The van der Waals surface area contributed by atoms with E-state index in [1.807, 2.05) is 0 Å². The van der Waals surface area contributed by atoms with Crippen LogP contribution >= 0.6 is 0 Å². The summed E-state index contributed by atoms with van der Waals surface area (Å²) in [4.78, 5) is 0.